The molecule has 1 heterocycles. The average molecular weight is 486 g/mol. The van der Waals surface area contributed by atoms with Gasteiger partial charge in [0.2, 0.25) is 11.2 Å². The zero-order chi connectivity index (χ0) is 25.2. The normalized spacial score (nSPS) is 11.2. The fourth-order valence-electron chi connectivity index (χ4n) is 3.24. The maximum Gasteiger partial charge on any atom is 0.453 e. The molecular weight excluding hydrogens is 469 g/mol. The van der Waals surface area contributed by atoms with Crippen LogP contribution in [0, 0.1) is 0 Å². The van der Waals surface area contributed by atoms with Crippen LogP contribution >= 0.6 is 0 Å². The average Bonchev–Trinajstić information content (AvgIpc) is 2.85. The molecule has 0 unspecified atom stereocenters. The minimum atomic E-state index is -5.04. The Labute approximate surface area is 196 Å². The summed E-state index contributed by atoms with van der Waals surface area (Å²) in [6, 6.07) is 15.4. The molecule has 3 aromatic carbocycles. The van der Waals surface area contributed by atoms with Crippen LogP contribution in [-0.4, -0.2) is 20.2 Å². The number of ether oxygens (including phenoxy) is 4. The van der Waals surface area contributed by atoms with E-state index >= 15 is 0 Å². The van der Waals surface area contributed by atoms with Crippen LogP contribution < -0.4 is 24.4 Å². The molecular formula is C25H17F3O7. The molecule has 35 heavy (non-hydrogen) atoms. The van der Waals surface area contributed by atoms with Gasteiger partial charge in [-0.25, -0.2) is 4.79 Å². The van der Waals surface area contributed by atoms with E-state index in [1.54, 1.807) is 18.2 Å². The largest absolute Gasteiger partial charge is 0.497 e. The molecule has 0 atom stereocenters. The fraction of sp³-hybridized carbons (Fsp3) is 0.120. The lowest BCUT2D eigenvalue weighted by molar-refractivity contribution is -0.154. The second-order valence-corrected chi connectivity index (χ2v) is 7.11. The summed E-state index contributed by atoms with van der Waals surface area (Å²) in [6.07, 6.45) is -5.04. The highest BCUT2D eigenvalue weighted by molar-refractivity contribution is 5.94. The number of halogens is 3. The van der Waals surface area contributed by atoms with E-state index in [0.717, 1.165) is 6.07 Å². The van der Waals surface area contributed by atoms with E-state index in [4.69, 9.17) is 23.4 Å². The first-order valence-corrected chi connectivity index (χ1v) is 10.1. The van der Waals surface area contributed by atoms with E-state index in [0.29, 0.717) is 5.75 Å². The molecule has 0 aliphatic carbocycles. The number of fused-ring (bicyclic) bond motifs is 1. The summed E-state index contributed by atoms with van der Waals surface area (Å²) in [7, 11) is 2.80. The predicted octanol–water partition coefficient (Wildman–Crippen LogP) is 5.84. The number of carbonyl (C=O) groups excluding carboxylic acids is 1. The number of hydrogen-bond acceptors (Lipinski definition) is 7. The van der Waals surface area contributed by atoms with Gasteiger partial charge in [0.15, 0.2) is 0 Å². The molecule has 4 rings (SSSR count). The Morgan fingerprint density at radius 3 is 2.17 bits per heavy atom. The van der Waals surface area contributed by atoms with Gasteiger partial charge >= 0.3 is 12.1 Å². The topological polar surface area (TPSA) is 84.2 Å². The van der Waals surface area contributed by atoms with Crippen LogP contribution in [0.3, 0.4) is 0 Å². The van der Waals surface area contributed by atoms with Gasteiger partial charge in [-0.05, 0) is 48.5 Å². The molecule has 0 N–H and O–H groups in total. The Morgan fingerprint density at radius 2 is 1.51 bits per heavy atom. The first-order chi connectivity index (χ1) is 16.7. The molecule has 7 nitrogen and oxygen atoms in total. The molecule has 1 aromatic heterocycles. The lowest BCUT2D eigenvalue weighted by Crippen LogP contribution is -2.15. The van der Waals surface area contributed by atoms with Gasteiger partial charge in [-0.15, -0.1) is 0 Å². The van der Waals surface area contributed by atoms with Crippen molar-refractivity contribution in [1.82, 2.24) is 0 Å². The maximum atomic E-state index is 13.8. The van der Waals surface area contributed by atoms with E-state index in [-0.39, 0.29) is 28.2 Å². The SMILES string of the molecule is COc1ccc(Oc2c(C(F)(F)F)oc3cc(OC(=O)c4ccccc4OC)ccc3c2=O)cc1. The zero-order valence-corrected chi connectivity index (χ0v) is 18.3. The standard InChI is InChI=1S/C25H17F3O7/c1-31-14-7-9-15(10-8-14)33-22-21(29)17-12-11-16(13-20(17)35-23(22)25(26,27)28)34-24(30)18-5-3-4-6-19(18)32-2/h3-13H,1-2H3. The molecule has 4 aromatic rings. The minimum Gasteiger partial charge on any atom is -0.497 e. The Kier molecular flexibility index (Phi) is 6.37. The molecule has 180 valence electrons. The highest BCUT2D eigenvalue weighted by atomic mass is 19.4. The summed E-state index contributed by atoms with van der Waals surface area (Å²) < 4.78 is 67.0. The number of esters is 1. The number of carbonyl (C=O) groups is 1. The molecule has 0 saturated carbocycles. The molecule has 0 amide bonds. The molecule has 0 radical (unpaired) electrons. The first kappa shape index (κ1) is 23.7. The van der Waals surface area contributed by atoms with E-state index in [2.05, 4.69) is 0 Å². The summed E-state index contributed by atoms with van der Waals surface area (Å²) in [5.41, 5.74) is -1.37. The molecule has 0 bridgehead atoms. The lowest BCUT2D eigenvalue weighted by atomic mass is 10.2. The molecule has 0 aliphatic rings. The highest BCUT2D eigenvalue weighted by Crippen LogP contribution is 2.39. The third kappa shape index (κ3) is 4.91. The summed E-state index contributed by atoms with van der Waals surface area (Å²) in [6.45, 7) is 0. The Hall–Kier alpha value is -4.47. The predicted molar refractivity (Wildman–Crippen MR) is 119 cm³/mol. The smallest absolute Gasteiger partial charge is 0.453 e. The van der Waals surface area contributed by atoms with Crippen molar-refractivity contribution in [2.75, 3.05) is 14.2 Å². The second kappa shape index (κ2) is 9.41. The molecule has 0 spiro atoms. The van der Waals surface area contributed by atoms with Crippen LogP contribution in [-0.2, 0) is 6.18 Å². The van der Waals surface area contributed by atoms with Crippen molar-refractivity contribution < 1.29 is 41.3 Å². The van der Waals surface area contributed by atoms with E-state index in [1.807, 2.05) is 0 Å². The summed E-state index contributed by atoms with van der Waals surface area (Å²) in [4.78, 5) is 25.5. The van der Waals surface area contributed by atoms with Gasteiger partial charge < -0.3 is 23.4 Å². The van der Waals surface area contributed by atoms with Crippen LogP contribution in [0.5, 0.6) is 28.7 Å². The number of hydrogen-bond donors (Lipinski definition) is 0. The molecule has 10 heteroatoms. The Morgan fingerprint density at radius 1 is 0.857 bits per heavy atom. The van der Waals surface area contributed by atoms with Gasteiger partial charge in [0, 0.05) is 6.07 Å². The van der Waals surface area contributed by atoms with Crippen LogP contribution in [0.15, 0.2) is 75.9 Å². The molecule has 0 aliphatic heterocycles. The number of para-hydroxylation sites is 1. The first-order valence-electron chi connectivity index (χ1n) is 10.1. The van der Waals surface area contributed by atoms with E-state index in [9.17, 15) is 22.8 Å². The number of methoxy groups -OCH3 is 2. The van der Waals surface area contributed by atoms with Crippen LogP contribution in [0.1, 0.15) is 16.1 Å². The van der Waals surface area contributed by atoms with E-state index in [1.165, 1.54) is 56.7 Å². The fourth-order valence-corrected chi connectivity index (χ4v) is 3.24. The van der Waals surface area contributed by atoms with Crippen molar-refractivity contribution in [3.63, 3.8) is 0 Å². The third-order valence-corrected chi connectivity index (χ3v) is 4.90. The van der Waals surface area contributed by atoms with Gasteiger partial charge in [-0.1, -0.05) is 12.1 Å². The summed E-state index contributed by atoms with van der Waals surface area (Å²) >= 11 is 0. The summed E-state index contributed by atoms with van der Waals surface area (Å²) in [5, 5.41) is -0.196. The van der Waals surface area contributed by atoms with Crippen molar-refractivity contribution in [1.29, 1.82) is 0 Å². The maximum absolute atomic E-state index is 13.8. The van der Waals surface area contributed by atoms with Crippen molar-refractivity contribution in [2.24, 2.45) is 0 Å². The van der Waals surface area contributed by atoms with Crippen molar-refractivity contribution in [3.8, 4) is 28.7 Å². The van der Waals surface area contributed by atoms with Gasteiger partial charge in [-0.2, -0.15) is 13.2 Å². The number of rotatable bonds is 6. The second-order valence-electron chi connectivity index (χ2n) is 7.11. The van der Waals surface area contributed by atoms with Crippen LogP contribution in [0.4, 0.5) is 13.2 Å². The molecule has 0 fully saturated rings. The lowest BCUT2D eigenvalue weighted by Gasteiger charge is -2.14. The Balaban J connectivity index is 1.74. The molecule has 0 saturated heterocycles. The van der Waals surface area contributed by atoms with Gasteiger partial charge in [-0.3, -0.25) is 4.79 Å². The van der Waals surface area contributed by atoms with Crippen LogP contribution in [0.25, 0.3) is 11.0 Å². The highest BCUT2D eigenvalue weighted by Gasteiger charge is 2.40. The van der Waals surface area contributed by atoms with Gasteiger partial charge in [0.05, 0.1) is 19.6 Å². The Bertz CT molecular complexity index is 1440. The summed E-state index contributed by atoms with van der Waals surface area (Å²) in [5.74, 6) is -2.90. The van der Waals surface area contributed by atoms with Gasteiger partial charge in [0.25, 0.3) is 5.76 Å². The van der Waals surface area contributed by atoms with E-state index < -0.39 is 34.7 Å². The van der Waals surface area contributed by atoms with Crippen molar-refractivity contribution >= 4 is 16.9 Å². The van der Waals surface area contributed by atoms with Gasteiger partial charge in [0.1, 0.15) is 34.1 Å². The quantitative estimate of drug-likeness (QED) is 0.250. The van der Waals surface area contributed by atoms with Crippen molar-refractivity contribution in [3.05, 3.63) is 88.3 Å². The number of alkyl halides is 3. The zero-order valence-electron chi connectivity index (χ0n) is 18.3. The monoisotopic (exact) mass is 486 g/mol. The van der Waals surface area contributed by atoms with Crippen molar-refractivity contribution in [2.45, 2.75) is 6.18 Å². The number of benzene rings is 3. The third-order valence-electron chi connectivity index (χ3n) is 4.90. The van der Waals surface area contributed by atoms with Crippen LogP contribution in [0.2, 0.25) is 0 Å². The minimum absolute atomic E-state index is 0.0229.